The fraction of sp³-hybridized carbons (Fsp3) is 0.667. The molecule has 0 amide bonds. The van der Waals surface area contributed by atoms with Gasteiger partial charge < -0.3 is 9.47 Å². The zero-order chi connectivity index (χ0) is 18.9. The van der Waals surface area contributed by atoms with Crippen molar-refractivity contribution in [2.24, 2.45) is 5.92 Å². The summed E-state index contributed by atoms with van der Waals surface area (Å²) in [5.41, 5.74) is 0.606. The smallest absolute Gasteiger partial charge is 0.126 e. The highest BCUT2D eigenvalue weighted by Gasteiger charge is 2.49. The van der Waals surface area contributed by atoms with E-state index < -0.39 is 0 Å². The van der Waals surface area contributed by atoms with Crippen LogP contribution >= 0.6 is 0 Å². The second-order valence-corrected chi connectivity index (χ2v) is 9.15. The van der Waals surface area contributed by atoms with Crippen molar-refractivity contribution < 1.29 is 9.47 Å². The lowest BCUT2D eigenvalue weighted by atomic mass is 9.73. The van der Waals surface area contributed by atoms with E-state index in [2.05, 4.69) is 55.7 Å². The van der Waals surface area contributed by atoms with Gasteiger partial charge in [-0.05, 0) is 65.6 Å². The van der Waals surface area contributed by atoms with Crippen LogP contribution in [0, 0.1) is 17.8 Å². The van der Waals surface area contributed by atoms with Gasteiger partial charge in [-0.3, -0.25) is 4.90 Å². The number of rotatable bonds is 1. The van der Waals surface area contributed by atoms with Crippen LogP contribution in [0.3, 0.4) is 0 Å². The van der Waals surface area contributed by atoms with Crippen molar-refractivity contribution in [2.45, 2.75) is 76.6 Å². The molecule has 0 unspecified atom stereocenters. The van der Waals surface area contributed by atoms with Crippen molar-refractivity contribution in [2.75, 3.05) is 19.6 Å². The minimum Gasteiger partial charge on any atom is -0.487 e. The molecule has 1 aromatic rings. The van der Waals surface area contributed by atoms with E-state index in [9.17, 15) is 0 Å². The molecule has 3 heterocycles. The van der Waals surface area contributed by atoms with Crippen molar-refractivity contribution in [3.05, 3.63) is 29.8 Å². The number of ether oxygens (including phenoxy) is 2. The van der Waals surface area contributed by atoms with E-state index in [0.29, 0.717) is 5.92 Å². The molecule has 2 fully saturated rings. The van der Waals surface area contributed by atoms with Crippen LogP contribution in [-0.2, 0) is 4.74 Å². The van der Waals surface area contributed by atoms with E-state index >= 15 is 0 Å². The summed E-state index contributed by atoms with van der Waals surface area (Å²) in [6.07, 6.45) is 7.47. The zero-order valence-electron chi connectivity index (χ0n) is 17.1. The number of para-hydroxylation sites is 1. The van der Waals surface area contributed by atoms with Crippen molar-refractivity contribution >= 4 is 0 Å². The first kappa shape index (κ1) is 18.8. The second kappa shape index (κ2) is 7.49. The Hall–Kier alpha value is -1.50. The second-order valence-electron chi connectivity index (χ2n) is 9.15. The SMILES string of the molecule is CC1(C)Oc2ccccc2[C@H]2O[C@@](C)(C#CCN3CCCCCC3)CC[C@@H]21. The van der Waals surface area contributed by atoms with Gasteiger partial charge in [0.25, 0.3) is 0 Å². The lowest BCUT2D eigenvalue weighted by molar-refractivity contribution is -0.169. The highest BCUT2D eigenvalue weighted by Crippen LogP contribution is 2.52. The van der Waals surface area contributed by atoms with Gasteiger partial charge in [-0.15, -0.1) is 0 Å². The molecule has 3 heteroatoms. The number of fused-ring (bicyclic) bond motifs is 3. The molecule has 3 nitrogen and oxygen atoms in total. The third-order valence-corrected chi connectivity index (χ3v) is 6.53. The van der Waals surface area contributed by atoms with Gasteiger partial charge in [-0.1, -0.05) is 42.9 Å². The van der Waals surface area contributed by atoms with Crippen LogP contribution in [0.1, 0.15) is 71.0 Å². The molecule has 146 valence electrons. The highest BCUT2D eigenvalue weighted by molar-refractivity contribution is 5.39. The van der Waals surface area contributed by atoms with Crippen LogP contribution in [0.15, 0.2) is 24.3 Å². The first-order chi connectivity index (χ1) is 13.0. The Kier molecular flexibility index (Phi) is 5.23. The standard InChI is InChI=1S/C24H33NO2/c1-23(2)20-13-15-24(3,14-10-18-25-16-8-4-5-9-17-25)27-22(20)19-11-6-7-12-21(19)26-23/h6-7,11-12,20,22H,4-5,8-9,13,15-18H2,1-3H3/t20-,22+,24-/m0/s1. The average Bonchev–Trinajstić information content (AvgIpc) is 2.90. The number of likely N-dealkylation sites (tertiary alicyclic amines) is 1. The molecular formula is C24H33NO2. The first-order valence-electron chi connectivity index (χ1n) is 10.7. The molecule has 0 aromatic heterocycles. The van der Waals surface area contributed by atoms with Gasteiger partial charge in [0.15, 0.2) is 0 Å². The summed E-state index contributed by atoms with van der Waals surface area (Å²) in [4.78, 5) is 2.50. The quantitative estimate of drug-likeness (QED) is 0.655. The molecule has 3 atom stereocenters. The molecule has 0 aliphatic carbocycles. The molecule has 2 saturated heterocycles. The van der Waals surface area contributed by atoms with E-state index in [1.807, 2.05) is 6.07 Å². The predicted octanol–water partition coefficient (Wildman–Crippen LogP) is 4.96. The maximum absolute atomic E-state index is 6.68. The van der Waals surface area contributed by atoms with E-state index in [-0.39, 0.29) is 17.3 Å². The summed E-state index contributed by atoms with van der Waals surface area (Å²) in [7, 11) is 0. The van der Waals surface area contributed by atoms with Crippen LogP contribution in [0.25, 0.3) is 0 Å². The Morgan fingerprint density at radius 3 is 2.59 bits per heavy atom. The third-order valence-electron chi connectivity index (χ3n) is 6.53. The lowest BCUT2D eigenvalue weighted by Crippen LogP contribution is -2.50. The van der Waals surface area contributed by atoms with Crippen molar-refractivity contribution in [3.63, 3.8) is 0 Å². The average molecular weight is 368 g/mol. The molecule has 3 aliphatic rings. The van der Waals surface area contributed by atoms with E-state index in [1.165, 1.54) is 44.3 Å². The summed E-state index contributed by atoms with van der Waals surface area (Å²) in [6.45, 7) is 9.81. The highest BCUT2D eigenvalue weighted by atomic mass is 16.5. The van der Waals surface area contributed by atoms with Crippen LogP contribution in [0.5, 0.6) is 5.75 Å². The lowest BCUT2D eigenvalue weighted by Gasteiger charge is -2.50. The Labute approximate surface area is 164 Å². The molecule has 0 bridgehead atoms. The van der Waals surface area contributed by atoms with Gasteiger partial charge in [-0.2, -0.15) is 0 Å². The Morgan fingerprint density at radius 1 is 1.07 bits per heavy atom. The summed E-state index contributed by atoms with van der Waals surface area (Å²) in [5, 5.41) is 0. The summed E-state index contributed by atoms with van der Waals surface area (Å²) < 4.78 is 13.0. The Morgan fingerprint density at radius 2 is 1.81 bits per heavy atom. The van der Waals surface area contributed by atoms with Crippen molar-refractivity contribution in [1.29, 1.82) is 0 Å². The van der Waals surface area contributed by atoms with Gasteiger partial charge in [0.1, 0.15) is 17.0 Å². The van der Waals surface area contributed by atoms with E-state index in [4.69, 9.17) is 9.47 Å². The molecule has 4 rings (SSSR count). The Balaban J connectivity index is 1.50. The molecule has 0 saturated carbocycles. The van der Waals surface area contributed by atoms with Crippen LogP contribution in [-0.4, -0.2) is 35.7 Å². The van der Waals surface area contributed by atoms with Crippen molar-refractivity contribution in [1.82, 2.24) is 4.90 Å². The summed E-state index contributed by atoms with van der Waals surface area (Å²) >= 11 is 0. The molecule has 0 radical (unpaired) electrons. The van der Waals surface area contributed by atoms with Gasteiger partial charge in [0.05, 0.1) is 12.6 Å². The van der Waals surface area contributed by atoms with Crippen LogP contribution in [0.2, 0.25) is 0 Å². The predicted molar refractivity (Wildman–Crippen MR) is 109 cm³/mol. The largest absolute Gasteiger partial charge is 0.487 e. The summed E-state index contributed by atoms with van der Waals surface area (Å²) in [5.74, 6) is 8.29. The van der Waals surface area contributed by atoms with Crippen molar-refractivity contribution in [3.8, 4) is 17.6 Å². The molecule has 3 aliphatic heterocycles. The molecule has 0 spiro atoms. The Bertz CT molecular complexity index is 723. The maximum Gasteiger partial charge on any atom is 0.126 e. The van der Waals surface area contributed by atoms with Crippen LogP contribution < -0.4 is 4.74 Å². The number of benzene rings is 1. The van der Waals surface area contributed by atoms with Crippen LogP contribution in [0.4, 0.5) is 0 Å². The van der Waals surface area contributed by atoms with Gasteiger partial charge >= 0.3 is 0 Å². The topological polar surface area (TPSA) is 21.7 Å². The normalized spacial score (nSPS) is 32.9. The molecule has 27 heavy (non-hydrogen) atoms. The molecule has 0 N–H and O–H groups in total. The van der Waals surface area contributed by atoms with Gasteiger partial charge in [0.2, 0.25) is 0 Å². The fourth-order valence-electron chi connectivity index (χ4n) is 4.89. The number of nitrogens with zero attached hydrogens (tertiary/aromatic N) is 1. The number of hydrogen-bond donors (Lipinski definition) is 0. The number of hydrogen-bond acceptors (Lipinski definition) is 3. The monoisotopic (exact) mass is 367 g/mol. The maximum atomic E-state index is 6.68. The van der Waals surface area contributed by atoms with E-state index in [0.717, 1.165) is 25.1 Å². The minimum absolute atomic E-state index is 0.0659. The van der Waals surface area contributed by atoms with E-state index in [1.54, 1.807) is 0 Å². The van der Waals surface area contributed by atoms with Gasteiger partial charge in [0, 0.05) is 11.5 Å². The van der Waals surface area contributed by atoms with Gasteiger partial charge in [-0.25, -0.2) is 0 Å². The minimum atomic E-state index is -0.368. The first-order valence-corrected chi connectivity index (χ1v) is 10.7. The molecular weight excluding hydrogens is 334 g/mol. The molecule has 1 aromatic carbocycles. The third kappa shape index (κ3) is 4.03. The fourth-order valence-corrected chi connectivity index (χ4v) is 4.89. The zero-order valence-corrected chi connectivity index (χ0v) is 17.1. The summed E-state index contributed by atoms with van der Waals surface area (Å²) in [6, 6.07) is 8.34.